The van der Waals surface area contributed by atoms with Crippen LogP contribution in [0.2, 0.25) is 0 Å². The van der Waals surface area contributed by atoms with Crippen LogP contribution in [-0.2, 0) is 6.18 Å². The number of nitrogens with zero attached hydrogens (tertiary/aromatic N) is 3. The average Bonchev–Trinajstić information content (AvgIpc) is 3.06. The van der Waals surface area contributed by atoms with E-state index in [1.54, 1.807) is 12.3 Å². The van der Waals surface area contributed by atoms with Crippen LogP contribution in [0.4, 0.5) is 30.4 Å². The van der Waals surface area contributed by atoms with Gasteiger partial charge in [0, 0.05) is 37.4 Å². The Hall–Kier alpha value is -3.38. The molecule has 0 aliphatic carbocycles. The number of amides is 1. The van der Waals surface area contributed by atoms with E-state index in [9.17, 15) is 23.1 Å². The Labute approximate surface area is 180 Å². The molecule has 1 aliphatic heterocycles. The van der Waals surface area contributed by atoms with Crippen LogP contribution in [0, 0.1) is 5.92 Å². The molecule has 4 rings (SSSR count). The molecule has 1 saturated heterocycles. The lowest BCUT2D eigenvalue weighted by atomic mass is 9.92. The number of carbonyl (C=O) groups excluding carboxylic acids is 1. The Morgan fingerprint density at radius 2 is 2.09 bits per heavy atom. The summed E-state index contributed by atoms with van der Waals surface area (Å²) in [7, 11) is 0. The second-order valence-corrected chi connectivity index (χ2v) is 7.79. The fraction of sp³-hybridized carbons (Fsp3) is 0.350. The largest absolute Gasteiger partial charge is 0.438 e. The maximum Gasteiger partial charge on any atom is 0.418 e. The Kier molecular flexibility index (Phi) is 5.42. The topological polar surface area (TPSA) is 144 Å². The van der Waals surface area contributed by atoms with Gasteiger partial charge in [0.25, 0.3) is 5.91 Å². The van der Waals surface area contributed by atoms with Crippen molar-refractivity contribution in [2.24, 2.45) is 11.7 Å². The molecule has 6 N–H and O–H groups in total. The first-order valence-corrected chi connectivity index (χ1v) is 9.75. The quantitative estimate of drug-likeness (QED) is 0.476. The first-order chi connectivity index (χ1) is 15.1. The molecule has 4 heterocycles. The van der Waals surface area contributed by atoms with Crippen molar-refractivity contribution < 1.29 is 27.5 Å². The molecule has 0 saturated carbocycles. The van der Waals surface area contributed by atoms with E-state index in [0.29, 0.717) is 30.7 Å². The first kappa shape index (κ1) is 21.8. The normalized spacial score (nSPS) is 21.7. The highest BCUT2D eigenvalue weighted by atomic mass is 19.4. The van der Waals surface area contributed by atoms with Gasteiger partial charge in [-0.2, -0.15) is 13.2 Å². The van der Waals surface area contributed by atoms with Crippen LogP contribution in [0.15, 0.2) is 35.1 Å². The highest BCUT2D eigenvalue weighted by Crippen LogP contribution is 2.35. The van der Waals surface area contributed by atoms with E-state index in [-0.39, 0.29) is 28.5 Å². The molecule has 12 heteroatoms. The van der Waals surface area contributed by atoms with Crippen LogP contribution >= 0.6 is 0 Å². The lowest BCUT2D eigenvalue weighted by Gasteiger charge is -2.40. The minimum Gasteiger partial charge on any atom is -0.438 e. The predicted molar refractivity (Wildman–Crippen MR) is 111 cm³/mol. The van der Waals surface area contributed by atoms with Crippen LogP contribution in [-0.4, -0.2) is 46.2 Å². The van der Waals surface area contributed by atoms with Crippen LogP contribution < -0.4 is 21.7 Å². The number of piperidine rings is 1. The third-order valence-electron chi connectivity index (χ3n) is 5.46. The number of aromatic nitrogens is 2. The fourth-order valence-corrected chi connectivity index (χ4v) is 3.83. The number of nitrogens with two attached hydrogens (primary N) is 2. The van der Waals surface area contributed by atoms with Gasteiger partial charge in [0.15, 0.2) is 5.58 Å². The van der Waals surface area contributed by atoms with Gasteiger partial charge in [-0.1, -0.05) is 6.92 Å². The zero-order chi connectivity index (χ0) is 23.2. The highest BCUT2D eigenvalue weighted by Gasteiger charge is 2.34. The third-order valence-corrected chi connectivity index (χ3v) is 5.46. The average molecular weight is 450 g/mol. The summed E-state index contributed by atoms with van der Waals surface area (Å²) in [5.74, 6) is -1.17. The summed E-state index contributed by atoms with van der Waals surface area (Å²) < 4.78 is 44.0. The molecule has 1 aliphatic rings. The molecule has 1 amide bonds. The summed E-state index contributed by atoms with van der Waals surface area (Å²) in [6.45, 7) is 2.73. The van der Waals surface area contributed by atoms with Crippen LogP contribution in [0.5, 0.6) is 0 Å². The van der Waals surface area contributed by atoms with E-state index in [1.807, 2.05) is 11.8 Å². The number of anilines is 3. The molecular weight excluding hydrogens is 429 g/mol. The number of rotatable bonds is 3. The third kappa shape index (κ3) is 3.94. The Morgan fingerprint density at radius 3 is 2.78 bits per heavy atom. The Morgan fingerprint density at radius 1 is 1.34 bits per heavy atom. The van der Waals surface area contributed by atoms with Crippen molar-refractivity contribution in [3.63, 3.8) is 0 Å². The number of nitrogen functional groups attached to an aromatic ring is 1. The molecule has 9 nitrogen and oxygen atoms in total. The first-order valence-electron chi connectivity index (χ1n) is 9.75. The number of aliphatic hydroxyl groups excluding tert-OH is 1. The minimum absolute atomic E-state index is 0.0878. The number of hydrogen-bond acceptors (Lipinski definition) is 8. The number of alkyl halides is 3. The summed E-state index contributed by atoms with van der Waals surface area (Å²) in [6.07, 6.45) is -1.66. The van der Waals surface area contributed by atoms with Crippen molar-refractivity contribution in [3.05, 3.63) is 41.9 Å². The lowest BCUT2D eigenvalue weighted by molar-refractivity contribution is -0.137. The number of carbonyl (C=O) groups is 1. The van der Waals surface area contributed by atoms with Gasteiger partial charge in [-0.05, 0) is 12.1 Å². The Balaban J connectivity index is 1.64. The maximum absolute atomic E-state index is 13.0. The number of hydrogen-bond donors (Lipinski definition) is 4. The van der Waals surface area contributed by atoms with Crippen molar-refractivity contribution in [1.82, 2.24) is 9.97 Å². The van der Waals surface area contributed by atoms with Crippen molar-refractivity contribution >= 4 is 34.3 Å². The van der Waals surface area contributed by atoms with Gasteiger partial charge < -0.3 is 31.2 Å². The molecule has 3 aromatic rings. The van der Waals surface area contributed by atoms with Crippen LogP contribution in [0.1, 0.15) is 22.8 Å². The van der Waals surface area contributed by atoms with Crippen molar-refractivity contribution in [1.29, 1.82) is 0 Å². The predicted octanol–water partition coefficient (Wildman–Crippen LogP) is 2.22. The molecular formula is C20H21F3N6O3. The summed E-state index contributed by atoms with van der Waals surface area (Å²) in [4.78, 5) is 22.7. The summed E-state index contributed by atoms with van der Waals surface area (Å²) in [5, 5.41) is 12.8. The number of aliphatic hydroxyl groups is 1. The number of furan rings is 1. The van der Waals surface area contributed by atoms with Gasteiger partial charge in [0.1, 0.15) is 11.1 Å². The monoisotopic (exact) mass is 450 g/mol. The number of fused-ring (bicyclic) bond motifs is 1. The van der Waals surface area contributed by atoms with Crippen molar-refractivity contribution in [2.45, 2.75) is 25.2 Å². The smallest absolute Gasteiger partial charge is 0.418 e. The molecule has 0 bridgehead atoms. The van der Waals surface area contributed by atoms with Crippen molar-refractivity contribution in [2.75, 3.05) is 29.0 Å². The van der Waals surface area contributed by atoms with Gasteiger partial charge >= 0.3 is 6.18 Å². The number of halogens is 3. The number of pyridine rings is 2. The van der Waals surface area contributed by atoms with Gasteiger partial charge in [-0.15, -0.1) is 0 Å². The second kappa shape index (κ2) is 7.95. The summed E-state index contributed by atoms with van der Waals surface area (Å²) in [6, 6.07) is 1.96. The molecule has 3 atom stereocenters. The lowest BCUT2D eigenvalue weighted by Crippen LogP contribution is -2.55. The van der Waals surface area contributed by atoms with E-state index in [0.717, 1.165) is 6.07 Å². The van der Waals surface area contributed by atoms with Crippen LogP contribution in [0.25, 0.3) is 11.1 Å². The SMILES string of the molecule is C[C@H]1CN(c2ccncc2NC(=O)c2c(N)oc3cc(C(F)(F)F)cnc23)C[C@@H](N)[C@@H]1O. The van der Waals surface area contributed by atoms with Gasteiger partial charge in [0.2, 0.25) is 5.88 Å². The van der Waals surface area contributed by atoms with E-state index < -0.39 is 29.8 Å². The molecule has 1 fully saturated rings. The van der Waals surface area contributed by atoms with Gasteiger partial charge in [-0.25, -0.2) is 0 Å². The summed E-state index contributed by atoms with van der Waals surface area (Å²) in [5.41, 5.74) is 11.3. The van der Waals surface area contributed by atoms with Gasteiger partial charge in [0.05, 0.1) is 29.2 Å². The zero-order valence-corrected chi connectivity index (χ0v) is 16.9. The molecule has 0 radical (unpaired) electrons. The number of nitrogens with one attached hydrogen (secondary N) is 1. The van der Waals surface area contributed by atoms with E-state index in [4.69, 9.17) is 15.9 Å². The molecule has 0 aromatic carbocycles. The minimum atomic E-state index is -4.62. The molecule has 0 unspecified atom stereocenters. The molecule has 32 heavy (non-hydrogen) atoms. The standard InChI is InChI=1S/C20H21F3N6O3/c1-9-7-29(8-11(24)17(9)30)13-2-3-26-6-12(13)28-19(31)15-16-14(32-18(15)25)4-10(5-27-16)20(21,22)23/h2-6,9,11,17,30H,7-8,24-25H2,1H3,(H,28,31)/t9-,11+,17+/m0/s1. The Bertz CT molecular complexity index is 1150. The summed E-state index contributed by atoms with van der Waals surface area (Å²) >= 11 is 0. The molecule has 0 spiro atoms. The highest BCUT2D eigenvalue weighted by molar-refractivity contribution is 6.15. The fourth-order valence-electron chi connectivity index (χ4n) is 3.83. The molecule has 170 valence electrons. The van der Waals surface area contributed by atoms with E-state index in [2.05, 4.69) is 15.3 Å². The van der Waals surface area contributed by atoms with E-state index >= 15 is 0 Å². The van der Waals surface area contributed by atoms with Crippen LogP contribution in [0.3, 0.4) is 0 Å². The maximum atomic E-state index is 13.0. The van der Waals surface area contributed by atoms with Crippen molar-refractivity contribution in [3.8, 4) is 0 Å². The zero-order valence-electron chi connectivity index (χ0n) is 16.9. The van der Waals surface area contributed by atoms with E-state index in [1.165, 1.54) is 6.20 Å². The molecule has 3 aromatic heterocycles. The van der Waals surface area contributed by atoms with Gasteiger partial charge in [-0.3, -0.25) is 14.8 Å². The second-order valence-electron chi connectivity index (χ2n) is 7.79.